The number of esters is 1. The van der Waals surface area contributed by atoms with Crippen molar-refractivity contribution in [3.8, 4) is 6.07 Å². The van der Waals surface area contributed by atoms with Gasteiger partial charge in [0.05, 0.1) is 17.0 Å². The SMILES string of the molecule is CCC1(CC)CC(CCN2CC3CN(c4cccc(C#N)c4)C[C@@H]3C2)OC1=O. The summed E-state index contributed by atoms with van der Waals surface area (Å²) in [4.78, 5) is 17.3. The number of carbonyl (C=O) groups is 1. The maximum Gasteiger partial charge on any atom is 0.312 e. The number of nitriles is 1. The van der Waals surface area contributed by atoms with E-state index in [2.05, 4.69) is 35.8 Å². The van der Waals surface area contributed by atoms with E-state index >= 15 is 0 Å². The second kappa shape index (κ2) is 7.75. The minimum absolute atomic E-state index is 0.0241. The number of likely N-dealkylation sites (tertiary alicyclic amines) is 1. The molecular weight excluding hydrogens is 350 g/mol. The zero-order valence-corrected chi connectivity index (χ0v) is 17.1. The first kappa shape index (κ1) is 19.3. The lowest BCUT2D eigenvalue weighted by Crippen LogP contribution is -2.31. The molecule has 28 heavy (non-hydrogen) atoms. The first-order chi connectivity index (χ1) is 13.6. The van der Waals surface area contributed by atoms with E-state index in [-0.39, 0.29) is 17.5 Å². The molecule has 0 aromatic heterocycles. The second-order valence-electron chi connectivity index (χ2n) is 8.85. The minimum Gasteiger partial charge on any atom is -0.462 e. The van der Waals surface area contributed by atoms with Crippen LogP contribution in [-0.2, 0) is 9.53 Å². The average Bonchev–Trinajstić information content (AvgIpc) is 3.37. The first-order valence-corrected chi connectivity index (χ1v) is 10.8. The number of cyclic esters (lactones) is 1. The van der Waals surface area contributed by atoms with Crippen molar-refractivity contribution < 1.29 is 9.53 Å². The lowest BCUT2D eigenvalue weighted by atomic mass is 9.79. The Bertz CT molecular complexity index is 753. The highest BCUT2D eigenvalue weighted by atomic mass is 16.6. The molecule has 0 amide bonds. The molecule has 3 aliphatic rings. The normalized spacial score (nSPS) is 29.0. The maximum absolute atomic E-state index is 12.3. The number of ether oxygens (including phenoxy) is 1. The van der Waals surface area contributed by atoms with Gasteiger partial charge >= 0.3 is 5.97 Å². The van der Waals surface area contributed by atoms with E-state index in [1.54, 1.807) is 0 Å². The first-order valence-electron chi connectivity index (χ1n) is 10.8. The molecule has 0 bridgehead atoms. The fraction of sp³-hybridized carbons (Fsp3) is 0.652. The Labute approximate surface area is 168 Å². The van der Waals surface area contributed by atoms with Gasteiger partial charge in [-0.25, -0.2) is 0 Å². The zero-order valence-electron chi connectivity index (χ0n) is 17.1. The molecule has 0 saturated carbocycles. The number of rotatable bonds is 6. The molecule has 3 atom stereocenters. The molecule has 1 aromatic rings. The van der Waals surface area contributed by atoms with Crippen LogP contribution < -0.4 is 4.90 Å². The predicted octanol–water partition coefficient (Wildman–Crippen LogP) is 3.44. The molecule has 150 valence electrons. The Kier molecular flexibility index (Phi) is 5.33. The summed E-state index contributed by atoms with van der Waals surface area (Å²) < 4.78 is 5.71. The topological polar surface area (TPSA) is 56.6 Å². The van der Waals surface area contributed by atoms with Gasteiger partial charge in [-0.05, 0) is 49.3 Å². The molecule has 5 nitrogen and oxygen atoms in total. The van der Waals surface area contributed by atoms with Crippen LogP contribution in [0.1, 0.15) is 45.1 Å². The predicted molar refractivity (Wildman–Crippen MR) is 109 cm³/mol. The summed E-state index contributed by atoms with van der Waals surface area (Å²) in [7, 11) is 0. The lowest BCUT2D eigenvalue weighted by Gasteiger charge is -2.24. The molecule has 0 spiro atoms. The van der Waals surface area contributed by atoms with Gasteiger partial charge in [0.2, 0.25) is 0 Å². The lowest BCUT2D eigenvalue weighted by molar-refractivity contribution is -0.149. The van der Waals surface area contributed by atoms with Crippen LogP contribution in [0.15, 0.2) is 24.3 Å². The van der Waals surface area contributed by atoms with Gasteiger partial charge in [-0.1, -0.05) is 19.9 Å². The summed E-state index contributed by atoms with van der Waals surface area (Å²) in [6.45, 7) is 9.64. The van der Waals surface area contributed by atoms with Gasteiger partial charge in [0.15, 0.2) is 0 Å². The number of benzene rings is 1. The van der Waals surface area contributed by atoms with E-state index in [0.29, 0.717) is 11.8 Å². The van der Waals surface area contributed by atoms with Crippen LogP contribution in [0.2, 0.25) is 0 Å². The average molecular weight is 382 g/mol. The highest BCUT2D eigenvalue weighted by Gasteiger charge is 2.46. The van der Waals surface area contributed by atoms with E-state index in [0.717, 1.165) is 64.0 Å². The van der Waals surface area contributed by atoms with Crippen molar-refractivity contribution in [3.63, 3.8) is 0 Å². The third-order valence-corrected chi connectivity index (χ3v) is 7.35. The Balaban J connectivity index is 1.27. The van der Waals surface area contributed by atoms with Crippen LogP contribution in [-0.4, -0.2) is 49.7 Å². The Morgan fingerprint density at radius 2 is 1.89 bits per heavy atom. The van der Waals surface area contributed by atoms with Gasteiger partial charge < -0.3 is 14.5 Å². The summed E-state index contributed by atoms with van der Waals surface area (Å²) in [5.74, 6) is 1.42. The molecule has 4 rings (SSSR count). The highest BCUT2D eigenvalue weighted by molar-refractivity contribution is 5.78. The van der Waals surface area contributed by atoms with Crippen molar-refractivity contribution >= 4 is 11.7 Å². The molecule has 0 aliphatic carbocycles. The third-order valence-electron chi connectivity index (χ3n) is 7.35. The van der Waals surface area contributed by atoms with Crippen LogP contribution in [0.25, 0.3) is 0 Å². The quantitative estimate of drug-likeness (QED) is 0.707. The monoisotopic (exact) mass is 381 g/mol. The van der Waals surface area contributed by atoms with E-state index in [4.69, 9.17) is 10.00 Å². The molecule has 5 heteroatoms. The Morgan fingerprint density at radius 1 is 1.18 bits per heavy atom. The maximum atomic E-state index is 12.3. The van der Waals surface area contributed by atoms with Crippen molar-refractivity contribution in [2.45, 2.75) is 45.6 Å². The number of hydrogen-bond donors (Lipinski definition) is 0. The smallest absolute Gasteiger partial charge is 0.312 e. The molecule has 3 saturated heterocycles. The van der Waals surface area contributed by atoms with Gasteiger partial charge in [0.1, 0.15) is 6.10 Å². The van der Waals surface area contributed by atoms with Crippen LogP contribution in [0.3, 0.4) is 0 Å². The number of carbonyl (C=O) groups excluding carboxylic acids is 1. The molecule has 1 aromatic carbocycles. The summed E-state index contributed by atoms with van der Waals surface area (Å²) in [5.41, 5.74) is 1.68. The van der Waals surface area contributed by atoms with Crippen molar-refractivity contribution in [3.05, 3.63) is 29.8 Å². The molecule has 3 heterocycles. The fourth-order valence-corrected chi connectivity index (χ4v) is 5.41. The van der Waals surface area contributed by atoms with Crippen LogP contribution >= 0.6 is 0 Å². The van der Waals surface area contributed by atoms with Gasteiger partial charge in [-0.3, -0.25) is 4.79 Å². The number of fused-ring (bicyclic) bond motifs is 1. The minimum atomic E-state index is -0.231. The highest BCUT2D eigenvalue weighted by Crippen LogP contribution is 2.41. The van der Waals surface area contributed by atoms with Crippen molar-refractivity contribution in [2.75, 3.05) is 37.6 Å². The van der Waals surface area contributed by atoms with Crippen LogP contribution in [0, 0.1) is 28.6 Å². The molecule has 3 fully saturated rings. The van der Waals surface area contributed by atoms with Gasteiger partial charge in [-0.2, -0.15) is 5.26 Å². The van der Waals surface area contributed by atoms with Gasteiger partial charge in [0, 0.05) is 44.8 Å². The number of nitrogens with zero attached hydrogens (tertiary/aromatic N) is 3. The van der Waals surface area contributed by atoms with Crippen molar-refractivity contribution in [1.82, 2.24) is 4.90 Å². The standard InChI is InChI=1S/C23H31N3O2/c1-3-23(4-2)11-21(28-22(23)27)8-9-25-13-18-15-26(16-19(18)14-25)20-7-5-6-17(10-20)12-24/h5-7,10,18-19,21H,3-4,8-9,11,13-16H2,1-2H3/t18-,19?,21?/m0/s1. The van der Waals surface area contributed by atoms with E-state index in [1.807, 2.05) is 18.2 Å². The van der Waals surface area contributed by atoms with Crippen molar-refractivity contribution in [2.24, 2.45) is 17.3 Å². The number of hydrogen-bond acceptors (Lipinski definition) is 5. The van der Waals surface area contributed by atoms with Crippen LogP contribution in [0.5, 0.6) is 0 Å². The summed E-state index contributed by atoms with van der Waals surface area (Å²) in [6, 6.07) is 10.2. The molecule has 2 unspecified atom stereocenters. The Hall–Kier alpha value is -2.06. The second-order valence-corrected chi connectivity index (χ2v) is 8.85. The zero-order chi connectivity index (χ0) is 19.7. The van der Waals surface area contributed by atoms with E-state index in [1.165, 1.54) is 5.69 Å². The van der Waals surface area contributed by atoms with Gasteiger partial charge in [0.25, 0.3) is 0 Å². The summed E-state index contributed by atoms with van der Waals surface area (Å²) >= 11 is 0. The molecule has 0 N–H and O–H groups in total. The molecular formula is C23H31N3O2. The van der Waals surface area contributed by atoms with Gasteiger partial charge in [-0.15, -0.1) is 0 Å². The molecule has 0 radical (unpaired) electrons. The summed E-state index contributed by atoms with van der Waals surface area (Å²) in [6.07, 6.45) is 3.71. The largest absolute Gasteiger partial charge is 0.462 e. The number of anilines is 1. The third kappa shape index (κ3) is 3.51. The van der Waals surface area contributed by atoms with Crippen molar-refractivity contribution in [1.29, 1.82) is 5.26 Å². The Morgan fingerprint density at radius 3 is 2.50 bits per heavy atom. The fourth-order valence-electron chi connectivity index (χ4n) is 5.41. The summed E-state index contributed by atoms with van der Waals surface area (Å²) in [5, 5.41) is 9.12. The van der Waals surface area contributed by atoms with Crippen LogP contribution in [0.4, 0.5) is 5.69 Å². The van der Waals surface area contributed by atoms with E-state index in [9.17, 15) is 4.79 Å². The van der Waals surface area contributed by atoms with E-state index < -0.39 is 0 Å². The molecule has 3 aliphatic heterocycles.